The summed E-state index contributed by atoms with van der Waals surface area (Å²) in [5.74, 6) is -0.330. The molecule has 3 nitrogen and oxygen atoms in total. The molecule has 0 aliphatic rings. The maximum Gasteiger partial charge on any atom is 0.573 e. The number of aliphatic hydroxyl groups is 1. The van der Waals surface area contributed by atoms with Crippen molar-refractivity contribution >= 4 is 0 Å². The van der Waals surface area contributed by atoms with E-state index in [-0.39, 0.29) is 11.3 Å². The molecule has 21 heavy (non-hydrogen) atoms. The van der Waals surface area contributed by atoms with Gasteiger partial charge in [0.1, 0.15) is 5.75 Å². The Bertz CT molecular complexity index is 465. The first-order valence-corrected chi connectivity index (χ1v) is 6.73. The van der Waals surface area contributed by atoms with Crippen LogP contribution < -0.4 is 10.1 Å². The summed E-state index contributed by atoms with van der Waals surface area (Å²) >= 11 is 0. The van der Waals surface area contributed by atoms with Crippen LogP contribution >= 0.6 is 0 Å². The van der Waals surface area contributed by atoms with Gasteiger partial charge in [-0.05, 0) is 58.4 Å². The van der Waals surface area contributed by atoms with E-state index in [9.17, 15) is 18.3 Å². The van der Waals surface area contributed by atoms with Gasteiger partial charge in [0, 0.05) is 5.54 Å². The average Bonchev–Trinajstić information content (AvgIpc) is 2.24. The van der Waals surface area contributed by atoms with Crippen LogP contribution in [-0.4, -0.2) is 23.6 Å². The summed E-state index contributed by atoms with van der Waals surface area (Å²) in [4.78, 5) is 0. The summed E-state index contributed by atoms with van der Waals surface area (Å²) in [5, 5.41) is 13.7. The molecule has 2 N–H and O–H groups in total. The number of halogens is 3. The highest BCUT2D eigenvalue weighted by Gasteiger charge is 2.32. The molecule has 1 aromatic carbocycles. The molecule has 1 rings (SSSR count). The lowest BCUT2D eigenvalue weighted by atomic mass is 9.92. The Hall–Kier alpha value is -1.27. The van der Waals surface area contributed by atoms with Crippen molar-refractivity contribution in [2.45, 2.75) is 51.6 Å². The van der Waals surface area contributed by atoms with E-state index >= 15 is 0 Å². The van der Waals surface area contributed by atoms with Gasteiger partial charge in [0.25, 0.3) is 0 Å². The zero-order valence-corrected chi connectivity index (χ0v) is 12.7. The van der Waals surface area contributed by atoms with Gasteiger partial charge in [-0.2, -0.15) is 0 Å². The van der Waals surface area contributed by atoms with Gasteiger partial charge >= 0.3 is 6.36 Å². The number of alkyl halides is 3. The monoisotopic (exact) mass is 305 g/mol. The lowest BCUT2D eigenvalue weighted by Crippen LogP contribution is -2.39. The quantitative estimate of drug-likeness (QED) is 0.874. The second kappa shape index (κ2) is 6.23. The van der Waals surface area contributed by atoms with E-state index in [0.717, 1.165) is 0 Å². The predicted octanol–water partition coefficient (Wildman–Crippen LogP) is 3.57. The van der Waals surface area contributed by atoms with Crippen LogP contribution in [0.3, 0.4) is 0 Å². The van der Waals surface area contributed by atoms with E-state index in [1.54, 1.807) is 13.0 Å². The summed E-state index contributed by atoms with van der Waals surface area (Å²) in [6, 6.07) is 5.44. The van der Waals surface area contributed by atoms with Gasteiger partial charge in [-0.15, -0.1) is 13.2 Å². The molecular weight excluding hydrogens is 283 g/mol. The Balaban J connectivity index is 2.76. The zero-order valence-electron chi connectivity index (χ0n) is 12.7. The molecule has 120 valence electrons. The topological polar surface area (TPSA) is 41.5 Å². The fourth-order valence-corrected chi connectivity index (χ4v) is 1.85. The molecule has 0 aliphatic carbocycles. The van der Waals surface area contributed by atoms with Gasteiger partial charge in [0.05, 0.1) is 5.60 Å². The summed E-state index contributed by atoms with van der Waals surface area (Å²) in [5.41, 5.74) is -0.930. The highest BCUT2D eigenvalue weighted by molar-refractivity contribution is 5.32. The van der Waals surface area contributed by atoms with E-state index < -0.39 is 12.0 Å². The fourth-order valence-electron chi connectivity index (χ4n) is 1.85. The Kier molecular flexibility index (Phi) is 5.28. The van der Waals surface area contributed by atoms with Crippen LogP contribution in [0.2, 0.25) is 0 Å². The molecule has 0 spiro atoms. The zero-order chi connectivity index (χ0) is 16.3. The summed E-state index contributed by atoms with van der Waals surface area (Å²) < 4.78 is 40.5. The SMILES string of the molecule is CC(C)(C)NCCC(C)(O)c1cccc(OC(F)(F)F)c1. The van der Waals surface area contributed by atoms with Crippen molar-refractivity contribution in [3.63, 3.8) is 0 Å². The van der Waals surface area contributed by atoms with E-state index in [4.69, 9.17) is 0 Å². The van der Waals surface area contributed by atoms with E-state index in [1.807, 2.05) is 20.8 Å². The number of rotatable bonds is 5. The van der Waals surface area contributed by atoms with Crippen molar-refractivity contribution in [3.8, 4) is 5.75 Å². The molecule has 0 amide bonds. The minimum atomic E-state index is -4.74. The number of benzene rings is 1. The molecule has 1 aromatic rings. The van der Waals surface area contributed by atoms with E-state index in [0.29, 0.717) is 18.5 Å². The van der Waals surface area contributed by atoms with Crippen molar-refractivity contribution < 1.29 is 23.0 Å². The molecule has 0 saturated heterocycles. The van der Waals surface area contributed by atoms with Crippen LogP contribution in [-0.2, 0) is 5.60 Å². The highest BCUT2D eigenvalue weighted by atomic mass is 19.4. The maximum absolute atomic E-state index is 12.2. The second-order valence-corrected chi connectivity index (χ2v) is 6.28. The van der Waals surface area contributed by atoms with Gasteiger partial charge in [0.2, 0.25) is 0 Å². The molecule has 0 aromatic heterocycles. The molecular formula is C15H22F3NO2. The highest BCUT2D eigenvalue weighted by Crippen LogP contribution is 2.29. The van der Waals surface area contributed by atoms with Gasteiger partial charge in [0.15, 0.2) is 0 Å². The Morgan fingerprint density at radius 2 is 1.76 bits per heavy atom. The lowest BCUT2D eigenvalue weighted by molar-refractivity contribution is -0.274. The Labute approximate surface area is 123 Å². The number of hydrogen-bond acceptors (Lipinski definition) is 3. The second-order valence-electron chi connectivity index (χ2n) is 6.28. The average molecular weight is 305 g/mol. The molecule has 6 heteroatoms. The van der Waals surface area contributed by atoms with Crippen LogP contribution in [0.5, 0.6) is 5.75 Å². The fraction of sp³-hybridized carbons (Fsp3) is 0.600. The first-order valence-electron chi connectivity index (χ1n) is 6.73. The van der Waals surface area contributed by atoms with E-state index in [2.05, 4.69) is 10.1 Å². The van der Waals surface area contributed by atoms with Crippen LogP contribution in [0.15, 0.2) is 24.3 Å². The van der Waals surface area contributed by atoms with Crippen LogP contribution in [0.4, 0.5) is 13.2 Å². The molecule has 1 unspecified atom stereocenters. The van der Waals surface area contributed by atoms with Gasteiger partial charge < -0.3 is 15.2 Å². The van der Waals surface area contributed by atoms with Crippen LogP contribution in [0, 0.1) is 0 Å². The number of nitrogens with one attached hydrogen (secondary N) is 1. The normalized spacial score (nSPS) is 15.6. The third-order valence-corrected chi connectivity index (χ3v) is 2.96. The molecule has 0 fully saturated rings. The summed E-state index contributed by atoms with van der Waals surface area (Å²) in [6.07, 6.45) is -4.36. The standard InChI is InChI=1S/C15H22F3NO2/c1-13(2,3)19-9-8-14(4,20)11-6-5-7-12(10-11)21-15(16,17)18/h5-7,10,19-20H,8-9H2,1-4H3. The molecule has 0 bridgehead atoms. The van der Waals surface area contributed by atoms with Crippen molar-refractivity contribution in [3.05, 3.63) is 29.8 Å². The molecule has 1 atom stereocenters. The molecule has 0 saturated carbocycles. The molecule has 0 radical (unpaired) electrons. The minimum Gasteiger partial charge on any atom is -0.406 e. The first-order chi connectivity index (χ1) is 9.39. The first kappa shape index (κ1) is 17.8. The maximum atomic E-state index is 12.2. The summed E-state index contributed by atoms with van der Waals surface area (Å²) in [6.45, 7) is 8.11. The van der Waals surface area contributed by atoms with Gasteiger partial charge in [-0.3, -0.25) is 0 Å². The molecule has 0 aliphatic heterocycles. The minimum absolute atomic E-state index is 0.0860. The van der Waals surface area contributed by atoms with Crippen molar-refractivity contribution in [2.75, 3.05) is 6.54 Å². The van der Waals surface area contributed by atoms with E-state index in [1.165, 1.54) is 18.2 Å². The number of hydrogen-bond donors (Lipinski definition) is 2. The predicted molar refractivity (Wildman–Crippen MR) is 75.1 cm³/mol. The van der Waals surface area contributed by atoms with Gasteiger partial charge in [-0.25, -0.2) is 0 Å². The Morgan fingerprint density at radius 1 is 1.14 bits per heavy atom. The van der Waals surface area contributed by atoms with Crippen LogP contribution in [0.1, 0.15) is 39.7 Å². The van der Waals surface area contributed by atoms with Crippen molar-refractivity contribution in [1.29, 1.82) is 0 Å². The largest absolute Gasteiger partial charge is 0.573 e. The number of ether oxygens (including phenoxy) is 1. The van der Waals surface area contributed by atoms with Crippen molar-refractivity contribution in [2.24, 2.45) is 0 Å². The lowest BCUT2D eigenvalue weighted by Gasteiger charge is -2.27. The summed E-state index contributed by atoms with van der Waals surface area (Å²) in [7, 11) is 0. The van der Waals surface area contributed by atoms with Crippen LogP contribution in [0.25, 0.3) is 0 Å². The van der Waals surface area contributed by atoms with Gasteiger partial charge in [-0.1, -0.05) is 12.1 Å². The molecule has 0 heterocycles. The van der Waals surface area contributed by atoms with Crippen molar-refractivity contribution in [1.82, 2.24) is 5.32 Å². The smallest absolute Gasteiger partial charge is 0.406 e. The third-order valence-electron chi connectivity index (χ3n) is 2.96. The Morgan fingerprint density at radius 3 is 2.29 bits per heavy atom. The third kappa shape index (κ3) is 6.82.